The van der Waals surface area contributed by atoms with E-state index in [0.29, 0.717) is 0 Å². The molecule has 0 aromatic heterocycles. The third-order valence-corrected chi connectivity index (χ3v) is 0. The maximum atomic E-state index is 0. The summed E-state index contributed by atoms with van der Waals surface area (Å²) in [5.74, 6) is 0. The molecule has 0 saturated carbocycles. The molecule has 4 heavy (non-hydrogen) atoms. The first kappa shape index (κ1) is 28.6. The van der Waals surface area contributed by atoms with Gasteiger partial charge in [-0.15, -0.1) is 0 Å². The van der Waals surface area contributed by atoms with Crippen molar-refractivity contribution in [3.8, 4) is 0 Å². The van der Waals surface area contributed by atoms with Gasteiger partial charge >= 0.3 is 23.1 Å². The van der Waals surface area contributed by atoms with Gasteiger partial charge in [-0.3, -0.25) is 0 Å². The minimum atomic E-state index is 0. The van der Waals surface area contributed by atoms with Crippen molar-refractivity contribution in [2.75, 3.05) is 0 Å². The molecule has 0 heterocycles. The van der Waals surface area contributed by atoms with Crippen LogP contribution in [0.2, 0.25) is 0 Å². The minimum absolute atomic E-state index is 0. The Balaban J connectivity index is 0. The quantitative estimate of drug-likeness (QED) is 0.536. The Kier molecular flexibility index (Phi) is 120. The van der Waals surface area contributed by atoms with Crippen LogP contribution in [0.15, 0.2) is 0 Å². The van der Waals surface area contributed by atoms with Crippen LogP contribution in [-0.2, 0) is 65.4 Å². The normalized spacial score (nSPS) is 0. The van der Waals surface area contributed by atoms with Gasteiger partial charge in [0.05, 0.1) is 0 Å². The molecule has 0 unspecified atom stereocenters. The average Bonchev–Trinajstić information content (AvgIpc) is 0. The Morgan fingerprint density at radius 2 is 1.25 bits per heavy atom. The van der Waals surface area contributed by atoms with E-state index in [-0.39, 0.29) is 91.3 Å². The Labute approximate surface area is 89.8 Å². The van der Waals surface area contributed by atoms with Gasteiger partial charge in [0.25, 0.3) is 0 Å². The molecule has 2 radical (unpaired) electrons. The Morgan fingerprint density at radius 1 is 1.25 bits per heavy atom. The smallest absolute Gasteiger partial charge is 1.00 e. The van der Waals surface area contributed by atoms with E-state index in [9.17, 15) is 0 Å². The zero-order valence-electron chi connectivity index (χ0n) is 3.99. The molecule has 0 aliphatic carbocycles. The van der Waals surface area contributed by atoms with Gasteiger partial charge in [-0.05, 0) is 0 Å². The van der Waals surface area contributed by atoms with Crippen LogP contribution in [0.25, 0.3) is 0 Å². The molecule has 0 aromatic rings. The molecule has 0 saturated heterocycles. The summed E-state index contributed by atoms with van der Waals surface area (Å²) in [5.41, 5.74) is 0. The molecule has 0 spiro atoms. The Morgan fingerprint density at radius 3 is 1.25 bits per heavy atom. The molecular formula is H2CoMgNbZr. The van der Waals surface area contributed by atoms with E-state index < -0.39 is 0 Å². The van der Waals surface area contributed by atoms with Crippen LogP contribution in [-0.4, -0.2) is 23.1 Å². The molecular weight excluding hydrogens is 267 g/mol. The first-order valence-electron chi connectivity index (χ1n) is 0. The summed E-state index contributed by atoms with van der Waals surface area (Å²) in [6.07, 6.45) is 0. The number of rotatable bonds is 0. The topological polar surface area (TPSA) is 0 Å². The summed E-state index contributed by atoms with van der Waals surface area (Å²) in [6, 6.07) is 0. The van der Waals surface area contributed by atoms with Crippen molar-refractivity contribution in [1.29, 1.82) is 0 Å². The third-order valence-electron chi connectivity index (χ3n) is 0. The van der Waals surface area contributed by atoms with Crippen molar-refractivity contribution in [3.63, 3.8) is 0 Å². The molecule has 0 amide bonds. The standard InChI is InChI=1S/Co.Mg.Nb.Zr.2H/q;+2;;;2*-1. The summed E-state index contributed by atoms with van der Waals surface area (Å²) in [6.45, 7) is 0. The molecule has 0 aliphatic rings. The van der Waals surface area contributed by atoms with E-state index in [1.54, 1.807) is 0 Å². The van der Waals surface area contributed by atoms with Gasteiger partial charge in [-0.25, -0.2) is 0 Å². The fourth-order valence-electron chi connectivity index (χ4n) is 0. The number of hydrogen-bond acceptors (Lipinski definition) is 0. The van der Waals surface area contributed by atoms with Crippen LogP contribution in [0, 0.1) is 0 Å². The molecule has 0 fully saturated rings. The van der Waals surface area contributed by atoms with E-state index >= 15 is 0 Å². The zero-order chi connectivity index (χ0) is 0. The van der Waals surface area contributed by atoms with Crippen molar-refractivity contribution >= 4 is 23.1 Å². The first-order chi connectivity index (χ1) is 0. The van der Waals surface area contributed by atoms with E-state index in [2.05, 4.69) is 0 Å². The van der Waals surface area contributed by atoms with Crippen molar-refractivity contribution in [3.05, 3.63) is 0 Å². The zero-order valence-corrected chi connectivity index (χ0v) is 9.10. The van der Waals surface area contributed by atoms with Crippen LogP contribution < -0.4 is 0 Å². The van der Waals surface area contributed by atoms with Crippen LogP contribution in [0.1, 0.15) is 2.85 Å². The summed E-state index contributed by atoms with van der Waals surface area (Å²) in [5, 5.41) is 0. The predicted molar refractivity (Wildman–Crippen MR) is 7.98 cm³/mol. The molecule has 0 bridgehead atoms. The summed E-state index contributed by atoms with van der Waals surface area (Å²) in [4.78, 5) is 0. The second-order valence-electron chi connectivity index (χ2n) is 0. The third kappa shape index (κ3) is 8.86. The fourth-order valence-corrected chi connectivity index (χ4v) is 0. The van der Waals surface area contributed by atoms with Gasteiger partial charge in [0.2, 0.25) is 0 Å². The first-order valence-corrected chi connectivity index (χ1v) is 0. The molecule has 0 aliphatic heterocycles. The summed E-state index contributed by atoms with van der Waals surface area (Å²) >= 11 is 0. The molecule has 22 valence electrons. The molecule has 0 rings (SSSR count). The maximum absolute atomic E-state index is 0. The van der Waals surface area contributed by atoms with Crippen LogP contribution in [0.3, 0.4) is 0 Å². The van der Waals surface area contributed by atoms with Crippen molar-refractivity contribution in [1.82, 2.24) is 0 Å². The van der Waals surface area contributed by atoms with Gasteiger partial charge in [-0.2, -0.15) is 0 Å². The fraction of sp³-hybridized carbons (Fsp3) is 0. The van der Waals surface area contributed by atoms with Gasteiger partial charge in [0, 0.05) is 65.4 Å². The summed E-state index contributed by atoms with van der Waals surface area (Å²) in [7, 11) is 0. The molecule has 0 nitrogen and oxygen atoms in total. The molecule has 0 N–H and O–H groups in total. The van der Waals surface area contributed by atoms with Gasteiger partial charge in [0.15, 0.2) is 0 Å². The molecule has 0 aromatic carbocycles. The van der Waals surface area contributed by atoms with E-state index in [1.807, 2.05) is 0 Å². The maximum Gasteiger partial charge on any atom is 2.00 e. The van der Waals surface area contributed by atoms with E-state index in [1.165, 1.54) is 0 Å². The number of hydrogen-bond donors (Lipinski definition) is 0. The van der Waals surface area contributed by atoms with E-state index in [4.69, 9.17) is 0 Å². The largest absolute Gasteiger partial charge is 2.00 e. The van der Waals surface area contributed by atoms with Gasteiger partial charge in [0.1, 0.15) is 0 Å². The summed E-state index contributed by atoms with van der Waals surface area (Å²) < 4.78 is 0. The average molecular weight is 269 g/mol. The Bertz CT molecular complexity index is 13.5. The van der Waals surface area contributed by atoms with Crippen molar-refractivity contribution in [2.45, 2.75) is 0 Å². The Hall–Kier alpha value is 2.90. The van der Waals surface area contributed by atoms with Gasteiger partial charge in [-0.1, -0.05) is 0 Å². The SMILES string of the molecule is [Co].[H-].[H-].[Mg+2].[Nb].[Zr]. The monoisotopic (exact) mass is 268 g/mol. The second-order valence-corrected chi connectivity index (χ2v) is 0. The van der Waals surface area contributed by atoms with Crippen molar-refractivity contribution in [2.24, 2.45) is 0 Å². The van der Waals surface area contributed by atoms with Crippen LogP contribution in [0.4, 0.5) is 0 Å². The minimum Gasteiger partial charge on any atom is -1.00 e. The van der Waals surface area contributed by atoms with Crippen LogP contribution in [0.5, 0.6) is 0 Å². The molecule has 4 heteroatoms. The van der Waals surface area contributed by atoms with Crippen molar-refractivity contribution < 1.29 is 68.2 Å². The second kappa shape index (κ2) is 16.9. The predicted octanol–water partition coefficient (Wildman–Crippen LogP) is -0.163. The molecule has 0 atom stereocenters. The van der Waals surface area contributed by atoms with Crippen LogP contribution >= 0.6 is 0 Å². The van der Waals surface area contributed by atoms with E-state index in [0.717, 1.165) is 0 Å². The van der Waals surface area contributed by atoms with Gasteiger partial charge < -0.3 is 2.85 Å².